The van der Waals surface area contributed by atoms with Gasteiger partial charge in [-0.15, -0.1) is 0 Å². The standard InChI is InChI=1S/C7H9ClN6/c1-10-2-14-3-11-4-5(9)12-7(8)13-6(4)14/h3,10H,2H2,1H3,(H2,9,12,13). The van der Waals surface area contributed by atoms with Crippen LogP contribution < -0.4 is 11.1 Å². The third kappa shape index (κ3) is 1.38. The van der Waals surface area contributed by atoms with Gasteiger partial charge in [0.15, 0.2) is 11.5 Å². The zero-order valence-electron chi connectivity index (χ0n) is 7.53. The second-order valence-corrected chi connectivity index (χ2v) is 3.11. The minimum absolute atomic E-state index is 0.132. The summed E-state index contributed by atoms with van der Waals surface area (Å²) < 4.78 is 1.80. The molecule has 0 spiro atoms. The minimum Gasteiger partial charge on any atom is -0.382 e. The van der Waals surface area contributed by atoms with Gasteiger partial charge in [0.05, 0.1) is 13.0 Å². The van der Waals surface area contributed by atoms with Crippen molar-refractivity contribution >= 4 is 28.6 Å². The first kappa shape index (κ1) is 9.17. The van der Waals surface area contributed by atoms with Crippen LogP contribution in [0.1, 0.15) is 0 Å². The molecule has 0 saturated carbocycles. The Labute approximate surface area is 85.1 Å². The number of nitrogen functional groups attached to an aromatic ring is 1. The van der Waals surface area contributed by atoms with Crippen molar-refractivity contribution in [2.45, 2.75) is 6.67 Å². The second-order valence-electron chi connectivity index (χ2n) is 2.78. The largest absolute Gasteiger partial charge is 0.382 e. The lowest BCUT2D eigenvalue weighted by molar-refractivity contribution is 0.628. The van der Waals surface area contributed by atoms with Crippen molar-refractivity contribution in [3.63, 3.8) is 0 Å². The van der Waals surface area contributed by atoms with Gasteiger partial charge in [0.1, 0.15) is 5.52 Å². The Balaban J connectivity index is 2.66. The van der Waals surface area contributed by atoms with E-state index in [0.717, 1.165) is 0 Å². The molecule has 2 heterocycles. The van der Waals surface area contributed by atoms with Crippen LogP contribution in [0, 0.1) is 0 Å². The van der Waals surface area contributed by atoms with Gasteiger partial charge in [-0.3, -0.25) is 0 Å². The lowest BCUT2D eigenvalue weighted by Gasteiger charge is -2.01. The van der Waals surface area contributed by atoms with E-state index in [4.69, 9.17) is 17.3 Å². The fraction of sp³-hybridized carbons (Fsp3) is 0.286. The van der Waals surface area contributed by atoms with Crippen molar-refractivity contribution < 1.29 is 0 Å². The molecule has 7 heteroatoms. The van der Waals surface area contributed by atoms with Crippen molar-refractivity contribution in [2.24, 2.45) is 0 Å². The Morgan fingerprint density at radius 1 is 1.57 bits per heavy atom. The summed E-state index contributed by atoms with van der Waals surface area (Å²) >= 11 is 5.69. The molecule has 0 atom stereocenters. The SMILES string of the molecule is CNCn1cnc2c(N)nc(Cl)nc21. The van der Waals surface area contributed by atoms with Crippen molar-refractivity contribution in [3.05, 3.63) is 11.6 Å². The molecule has 0 amide bonds. The van der Waals surface area contributed by atoms with E-state index in [1.807, 2.05) is 7.05 Å². The van der Waals surface area contributed by atoms with E-state index in [9.17, 15) is 0 Å². The zero-order valence-corrected chi connectivity index (χ0v) is 8.28. The maximum atomic E-state index is 5.69. The molecule has 0 saturated heterocycles. The average Bonchev–Trinajstić information content (AvgIpc) is 2.49. The Morgan fingerprint density at radius 3 is 3.07 bits per heavy atom. The highest BCUT2D eigenvalue weighted by Crippen LogP contribution is 2.17. The lowest BCUT2D eigenvalue weighted by atomic mass is 10.5. The van der Waals surface area contributed by atoms with E-state index < -0.39 is 0 Å². The number of nitrogens with two attached hydrogens (primary N) is 1. The van der Waals surface area contributed by atoms with Crippen molar-refractivity contribution in [3.8, 4) is 0 Å². The summed E-state index contributed by atoms with van der Waals surface area (Å²) in [6.45, 7) is 0.600. The topological polar surface area (TPSA) is 81.7 Å². The number of halogens is 1. The molecule has 0 fully saturated rings. The fourth-order valence-electron chi connectivity index (χ4n) is 1.22. The number of hydrogen-bond donors (Lipinski definition) is 2. The Kier molecular flexibility index (Phi) is 2.22. The van der Waals surface area contributed by atoms with Gasteiger partial charge in [0, 0.05) is 0 Å². The van der Waals surface area contributed by atoms with Crippen LogP contribution in [-0.2, 0) is 6.67 Å². The highest BCUT2D eigenvalue weighted by Gasteiger charge is 2.09. The second kappa shape index (κ2) is 3.39. The van der Waals surface area contributed by atoms with Gasteiger partial charge in [-0.1, -0.05) is 0 Å². The van der Waals surface area contributed by atoms with Gasteiger partial charge in [-0.2, -0.15) is 9.97 Å². The molecule has 6 nitrogen and oxygen atoms in total. The number of fused-ring (bicyclic) bond motifs is 1. The molecule has 2 rings (SSSR count). The van der Waals surface area contributed by atoms with Crippen LogP contribution in [-0.4, -0.2) is 26.6 Å². The first-order valence-corrected chi connectivity index (χ1v) is 4.38. The van der Waals surface area contributed by atoms with Gasteiger partial charge in [0.2, 0.25) is 5.28 Å². The molecule has 2 aromatic heterocycles. The average molecular weight is 213 g/mol. The summed E-state index contributed by atoms with van der Waals surface area (Å²) in [6.07, 6.45) is 1.64. The molecule has 0 aliphatic heterocycles. The van der Waals surface area contributed by atoms with Gasteiger partial charge in [0.25, 0.3) is 0 Å². The van der Waals surface area contributed by atoms with Crippen molar-refractivity contribution in [1.82, 2.24) is 24.8 Å². The first-order valence-electron chi connectivity index (χ1n) is 4.01. The van der Waals surface area contributed by atoms with E-state index in [-0.39, 0.29) is 5.28 Å². The molecule has 14 heavy (non-hydrogen) atoms. The molecular weight excluding hydrogens is 204 g/mol. The number of nitrogens with zero attached hydrogens (tertiary/aromatic N) is 4. The van der Waals surface area contributed by atoms with Gasteiger partial charge in [-0.25, -0.2) is 4.98 Å². The molecule has 0 aliphatic rings. The Bertz CT molecular complexity index is 464. The number of nitrogens with one attached hydrogen (secondary N) is 1. The van der Waals surface area contributed by atoms with E-state index in [0.29, 0.717) is 23.7 Å². The maximum absolute atomic E-state index is 5.69. The molecule has 0 aromatic carbocycles. The monoisotopic (exact) mass is 212 g/mol. The quantitative estimate of drug-likeness (QED) is 0.697. The number of aromatic nitrogens is 4. The lowest BCUT2D eigenvalue weighted by Crippen LogP contribution is -2.12. The molecule has 2 aromatic rings. The van der Waals surface area contributed by atoms with Gasteiger partial charge >= 0.3 is 0 Å². The molecule has 0 aliphatic carbocycles. The summed E-state index contributed by atoms with van der Waals surface area (Å²) in [6, 6.07) is 0. The predicted octanol–water partition coefficient (Wildman–Crippen LogP) is 0.239. The summed E-state index contributed by atoms with van der Waals surface area (Å²) in [5.41, 5.74) is 6.84. The smallest absolute Gasteiger partial charge is 0.226 e. The molecule has 3 N–H and O–H groups in total. The Hall–Kier alpha value is -1.40. The van der Waals surface area contributed by atoms with Crippen LogP contribution in [0.4, 0.5) is 5.82 Å². The van der Waals surface area contributed by atoms with Crippen molar-refractivity contribution in [2.75, 3.05) is 12.8 Å². The number of rotatable bonds is 2. The highest BCUT2D eigenvalue weighted by atomic mass is 35.5. The predicted molar refractivity (Wildman–Crippen MR) is 53.8 cm³/mol. The molecular formula is C7H9ClN6. The normalized spacial score (nSPS) is 11.0. The first-order chi connectivity index (χ1) is 6.72. The van der Waals surface area contributed by atoms with E-state index >= 15 is 0 Å². The maximum Gasteiger partial charge on any atom is 0.226 e. The number of anilines is 1. The fourth-order valence-corrected chi connectivity index (χ4v) is 1.40. The molecule has 0 unspecified atom stereocenters. The van der Waals surface area contributed by atoms with Crippen LogP contribution in [0.15, 0.2) is 6.33 Å². The van der Waals surface area contributed by atoms with E-state index in [1.165, 1.54) is 0 Å². The van der Waals surface area contributed by atoms with Crippen LogP contribution >= 0.6 is 11.6 Å². The molecule has 0 radical (unpaired) electrons. The molecule has 74 valence electrons. The van der Waals surface area contributed by atoms with Crippen molar-refractivity contribution in [1.29, 1.82) is 0 Å². The molecule has 0 bridgehead atoms. The van der Waals surface area contributed by atoms with Gasteiger partial charge in [-0.05, 0) is 18.6 Å². The summed E-state index contributed by atoms with van der Waals surface area (Å²) in [7, 11) is 1.83. The van der Waals surface area contributed by atoms with E-state index in [1.54, 1.807) is 10.9 Å². The van der Waals surface area contributed by atoms with E-state index in [2.05, 4.69) is 20.3 Å². The summed E-state index contributed by atoms with van der Waals surface area (Å²) in [5.74, 6) is 0.301. The van der Waals surface area contributed by atoms with Crippen LogP contribution in [0.3, 0.4) is 0 Å². The van der Waals surface area contributed by atoms with Gasteiger partial charge < -0.3 is 15.6 Å². The Morgan fingerprint density at radius 2 is 2.36 bits per heavy atom. The third-order valence-corrected chi connectivity index (χ3v) is 1.96. The van der Waals surface area contributed by atoms with Crippen LogP contribution in [0.25, 0.3) is 11.2 Å². The minimum atomic E-state index is 0.132. The number of hydrogen-bond acceptors (Lipinski definition) is 5. The zero-order chi connectivity index (χ0) is 10.1. The number of imidazole rings is 1. The van der Waals surface area contributed by atoms with Crippen LogP contribution in [0.2, 0.25) is 5.28 Å². The van der Waals surface area contributed by atoms with Crippen LogP contribution in [0.5, 0.6) is 0 Å². The summed E-state index contributed by atoms with van der Waals surface area (Å²) in [5, 5.41) is 3.11. The third-order valence-electron chi connectivity index (χ3n) is 1.79. The summed E-state index contributed by atoms with van der Waals surface area (Å²) in [4.78, 5) is 12.0. The highest BCUT2D eigenvalue weighted by molar-refractivity contribution is 6.28.